The van der Waals surface area contributed by atoms with Gasteiger partial charge in [0.2, 0.25) is 0 Å². The molecule has 186 valence electrons. The van der Waals surface area contributed by atoms with Crippen LogP contribution < -0.4 is 9.47 Å². The van der Waals surface area contributed by atoms with Gasteiger partial charge in [-0.3, -0.25) is 9.69 Å². The van der Waals surface area contributed by atoms with Crippen LogP contribution in [0.4, 0.5) is 0 Å². The fraction of sp³-hybridized carbons (Fsp3) is 0.310. The van der Waals surface area contributed by atoms with Crippen molar-refractivity contribution in [1.82, 2.24) is 9.88 Å². The Morgan fingerprint density at radius 1 is 1.03 bits per heavy atom. The number of nitrogens with zero attached hydrogens (tertiary/aromatic N) is 2. The number of hydrogen-bond donors (Lipinski definition) is 1. The quantitative estimate of drug-likeness (QED) is 0.296. The van der Waals surface area contributed by atoms with Gasteiger partial charge in [-0.25, -0.2) is 4.98 Å². The van der Waals surface area contributed by atoms with Crippen molar-refractivity contribution in [3.05, 3.63) is 88.9 Å². The second-order valence-electron chi connectivity index (χ2n) is 8.98. The van der Waals surface area contributed by atoms with Crippen LogP contribution >= 0.6 is 11.3 Å². The maximum absolute atomic E-state index is 11.5. The van der Waals surface area contributed by atoms with Crippen molar-refractivity contribution in [1.29, 1.82) is 0 Å². The van der Waals surface area contributed by atoms with E-state index in [1.807, 2.05) is 61.5 Å². The molecule has 6 nitrogen and oxygen atoms in total. The van der Waals surface area contributed by atoms with Gasteiger partial charge in [0.15, 0.2) is 11.5 Å². The number of piperidine rings is 1. The van der Waals surface area contributed by atoms with Gasteiger partial charge in [-0.05, 0) is 68.2 Å². The third kappa shape index (κ3) is 5.37. The number of aromatic nitrogens is 1. The number of likely N-dealkylation sites (tertiary alicyclic amines) is 1. The van der Waals surface area contributed by atoms with Gasteiger partial charge < -0.3 is 14.6 Å². The highest BCUT2D eigenvalue weighted by atomic mass is 32.1. The molecule has 1 atom stereocenters. The molecule has 0 spiro atoms. The molecule has 0 amide bonds. The van der Waals surface area contributed by atoms with Crippen LogP contribution in [0.25, 0.3) is 10.2 Å². The lowest BCUT2D eigenvalue weighted by atomic mass is 9.94. The van der Waals surface area contributed by atoms with E-state index in [-0.39, 0.29) is 12.0 Å². The molecule has 0 bridgehead atoms. The maximum Gasteiger partial charge on any atom is 0.306 e. The summed E-state index contributed by atoms with van der Waals surface area (Å²) in [6, 6.07) is 24.3. The molecule has 0 saturated carbocycles. The number of benzene rings is 3. The molecule has 1 unspecified atom stereocenters. The molecule has 4 aromatic rings. The van der Waals surface area contributed by atoms with E-state index < -0.39 is 5.97 Å². The Hall–Kier alpha value is -3.42. The Bertz CT molecular complexity index is 1280. The number of rotatable bonds is 9. The zero-order chi connectivity index (χ0) is 24.9. The van der Waals surface area contributed by atoms with Gasteiger partial charge >= 0.3 is 5.97 Å². The average molecular weight is 503 g/mol. The molecule has 1 aromatic heterocycles. The summed E-state index contributed by atoms with van der Waals surface area (Å²) in [5, 5.41) is 10.5. The maximum atomic E-state index is 11.5. The second kappa shape index (κ2) is 11.1. The number of carbonyl (C=O) groups is 1. The molecule has 36 heavy (non-hydrogen) atoms. The Morgan fingerprint density at radius 3 is 2.50 bits per heavy atom. The largest absolute Gasteiger partial charge is 0.490 e. The minimum atomic E-state index is -0.704. The van der Waals surface area contributed by atoms with Crippen molar-refractivity contribution in [3.8, 4) is 11.5 Å². The minimum Gasteiger partial charge on any atom is -0.490 e. The van der Waals surface area contributed by atoms with Crippen LogP contribution in [0.5, 0.6) is 11.5 Å². The highest BCUT2D eigenvalue weighted by Gasteiger charge is 2.32. The van der Waals surface area contributed by atoms with Gasteiger partial charge in [-0.15, -0.1) is 11.3 Å². The first kappa shape index (κ1) is 24.3. The van der Waals surface area contributed by atoms with Crippen LogP contribution in [0.15, 0.2) is 72.8 Å². The zero-order valence-electron chi connectivity index (χ0n) is 20.3. The summed E-state index contributed by atoms with van der Waals surface area (Å²) in [5.41, 5.74) is 3.15. The molecule has 1 aliphatic heterocycles. The zero-order valence-corrected chi connectivity index (χ0v) is 21.1. The number of para-hydroxylation sites is 1. The van der Waals surface area contributed by atoms with Gasteiger partial charge in [0, 0.05) is 0 Å². The topological polar surface area (TPSA) is 71.9 Å². The SMILES string of the molecule is CCOc1cc(C(c2nc3ccccc3s2)N2CCC(C(=O)O)CC2)ccc1OCc1ccccc1. The summed E-state index contributed by atoms with van der Waals surface area (Å²) in [4.78, 5) is 18.9. The Kier molecular flexibility index (Phi) is 7.49. The molecular weight excluding hydrogens is 472 g/mol. The highest BCUT2D eigenvalue weighted by molar-refractivity contribution is 7.18. The van der Waals surface area contributed by atoms with E-state index in [2.05, 4.69) is 23.1 Å². The van der Waals surface area contributed by atoms with Gasteiger partial charge in [0.05, 0.1) is 28.8 Å². The predicted molar refractivity (Wildman–Crippen MR) is 142 cm³/mol. The number of carboxylic acid groups (broad SMARTS) is 1. The highest BCUT2D eigenvalue weighted by Crippen LogP contribution is 2.40. The molecular formula is C29H30N2O4S. The minimum absolute atomic E-state index is 0.0838. The first-order valence-electron chi connectivity index (χ1n) is 12.4. The van der Waals surface area contributed by atoms with E-state index in [0.717, 1.165) is 26.4 Å². The van der Waals surface area contributed by atoms with E-state index in [4.69, 9.17) is 14.5 Å². The fourth-order valence-electron chi connectivity index (χ4n) is 4.74. The van der Waals surface area contributed by atoms with Gasteiger partial charge in [-0.2, -0.15) is 0 Å². The molecule has 1 N–H and O–H groups in total. The van der Waals surface area contributed by atoms with Gasteiger partial charge in [0.1, 0.15) is 11.6 Å². The molecule has 7 heteroatoms. The van der Waals surface area contributed by atoms with Crippen molar-refractivity contribution in [2.24, 2.45) is 5.92 Å². The number of carboxylic acids is 1. The Balaban J connectivity index is 1.47. The smallest absolute Gasteiger partial charge is 0.306 e. The summed E-state index contributed by atoms with van der Waals surface area (Å²) < 4.78 is 13.3. The molecule has 0 radical (unpaired) electrons. The van der Waals surface area contributed by atoms with Crippen molar-refractivity contribution < 1.29 is 19.4 Å². The summed E-state index contributed by atoms with van der Waals surface area (Å²) in [7, 11) is 0. The number of hydrogen-bond acceptors (Lipinski definition) is 6. The van der Waals surface area contributed by atoms with Crippen LogP contribution in [-0.4, -0.2) is 40.7 Å². The lowest BCUT2D eigenvalue weighted by Gasteiger charge is -2.36. The van der Waals surface area contributed by atoms with Crippen molar-refractivity contribution in [3.63, 3.8) is 0 Å². The third-order valence-electron chi connectivity index (χ3n) is 6.61. The van der Waals surface area contributed by atoms with E-state index in [1.165, 1.54) is 0 Å². The lowest BCUT2D eigenvalue weighted by molar-refractivity contribution is -0.143. The Labute approximate surface area is 215 Å². The predicted octanol–water partition coefficient (Wildman–Crippen LogP) is 6.16. The summed E-state index contributed by atoms with van der Waals surface area (Å²) in [5.74, 6) is 0.421. The van der Waals surface area contributed by atoms with Gasteiger partial charge in [0.25, 0.3) is 0 Å². The third-order valence-corrected chi connectivity index (χ3v) is 7.70. The van der Waals surface area contributed by atoms with Crippen LogP contribution in [0, 0.1) is 5.92 Å². The van der Waals surface area contributed by atoms with Crippen LogP contribution in [0.1, 0.15) is 41.9 Å². The van der Waals surface area contributed by atoms with Crippen LogP contribution in [0.2, 0.25) is 0 Å². The Morgan fingerprint density at radius 2 is 1.78 bits per heavy atom. The number of thiazole rings is 1. The molecule has 3 aromatic carbocycles. The number of fused-ring (bicyclic) bond motifs is 1. The molecule has 1 saturated heterocycles. The van der Waals surface area contributed by atoms with Gasteiger partial charge in [-0.1, -0.05) is 48.5 Å². The number of aliphatic carboxylic acids is 1. The van der Waals surface area contributed by atoms with E-state index in [1.54, 1.807) is 11.3 Å². The van der Waals surface area contributed by atoms with Crippen molar-refractivity contribution >= 4 is 27.5 Å². The summed E-state index contributed by atoms with van der Waals surface area (Å²) >= 11 is 1.69. The normalized spacial score (nSPS) is 15.6. The number of ether oxygens (including phenoxy) is 2. The first-order valence-corrected chi connectivity index (χ1v) is 13.2. The standard InChI is InChI=1S/C29H30N2O4S/c1-2-34-25-18-22(12-13-24(25)35-19-20-8-4-3-5-9-20)27(31-16-14-21(15-17-31)29(32)33)28-30-23-10-6-7-11-26(23)36-28/h3-13,18,21,27H,2,14-17,19H2,1H3,(H,32,33). The first-order chi connectivity index (χ1) is 17.6. The molecule has 0 aliphatic carbocycles. The van der Waals surface area contributed by atoms with E-state index in [0.29, 0.717) is 50.6 Å². The summed E-state index contributed by atoms with van der Waals surface area (Å²) in [6.07, 6.45) is 1.26. The molecule has 1 aliphatic rings. The molecule has 2 heterocycles. The van der Waals surface area contributed by atoms with Crippen molar-refractivity contribution in [2.75, 3.05) is 19.7 Å². The average Bonchev–Trinajstić information content (AvgIpc) is 3.33. The lowest BCUT2D eigenvalue weighted by Crippen LogP contribution is -2.39. The van der Waals surface area contributed by atoms with Crippen LogP contribution in [0.3, 0.4) is 0 Å². The monoisotopic (exact) mass is 502 g/mol. The van der Waals surface area contributed by atoms with E-state index >= 15 is 0 Å². The second-order valence-corrected chi connectivity index (χ2v) is 10.0. The summed E-state index contributed by atoms with van der Waals surface area (Å²) in [6.45, 7) is 4.36. The van der Waals surface area contributed by atoms with E-state index in [9.17, 15) is 9.90 Å². The van der Waals surface area contributed by atoms with Crippen molar-refractivity contribution in [2.45, 2.75) is 32.4 Å². The van der Waals surface area contributed by atoms with Crippen LogP contribution in [-0.2, 0) is 11.4 Å². The molecule has 1 fully saturated rings. The molecule has 5 rings (SSSR count). The fourth-order valence-corrected chi connectivity index (χ4v) is 5.87.